The fraction of sp³-hybridized carbons (Fsp3) is 0.222. The fourth-order valence-corrected chi connectivity index (χ4v) is 3.90. The SMILES string of the molecule is CS(=O)(=O)c1ccc2ncnc(NC3CCc4ccccc43)c2c1. The first-order valence-corrected chi connectivity index (χ1v) is 9.71. The standard InChI is InChI=1S/C18H17N3O2S/c1-24(22,23)13-7-9-16-15(10-13)18(20-11-19-16)21-17-8-6-12-4-2-3-5-14(12)17/h2-5,7,9-11,17H,6,8H2,1H3,(H,19,20,21). The third kappa shape index (κ3) is 2.63. The van der Waals surface area contributed by atoms with Crippen molar-refractivity contribution in [3.8, 4) is 0 Å². The molecular formula is C18H17N3O2S. The van der Waals surface area contributed by atoms with Gasteiger partial charge in [0.25, 0.3) is 0 Å². The lowest BCUT2D eigenvalue weighted by atomic mass is 10.1. The van der Waals surface area contributed by atoms with E-state index in [0.29, 0.717) is 5.82 Å². The summed E-state index contributed by atoms with van der Waals surface area (Å²) in [7, 11) is -3.27. The Kier molecular flexibility index (Phi) is 3.49. The van der Waals surface area contributed by atoms with Gasteiger partial charge in [0.2, 0.25) is 0 Å². The van der Waals surface area contributed by atoms with E-state index in [1.54, 1.807) is 18.2 Å². The number of rotatable bonds is 3. The van der Waals surface area contributed by atoms with Crippen LogP contribution in [0.1, 0.15) is 23.6 Å². The predicted octanol–water partition coefficient (Wildman–Crippen LogP) is 3.13. The molecule has 6 heteroatoms. The minimum absolute atomic E-state index is 0.182. The molecule has 0 spiro atoms. The lowest BCUT2D eigenvalue weighted by molar-refractivity contribution is 0.602. The van der Waals surface area contributed by atoms with E-state index in [0.717, 1.165) is 23.7 Å². The van der Waals surface area contributed by atoms with Crippen molar-refractivity contribution in [2.45, 2.75) is 23.8 Å². The summed E-state index contributed by atoms with van der Waals surface area (Å²) in [5, 5.41) is 4.20. The molecule has 24 heavy (non-hydrogen) atoms. The van der Waals surface area contributed by atoms with E-state index in [1.807, 2.05) is 6.07 Å². The van der Waals surface area contributed by atoms with Crippen LogP contribution in [0.2, 0.25) is 0 Å². The Balaban J connectivity index is 1.77. The molecule has 1 heterocycles. The molecule has 1 aliphatic rings. The highest BCUT2D eigenvalue weighted by molar-refractivity contribution is 7.90. The fourth-order valence-electron chi connectivity index (χ4n) is 3.25. The number of nitrogens with one attached hydrogen (secondary N) is 1. The van der Waals surface area contributed by atoms with Crippen LogP contribution in [-0.2, 0) is 16.3 Å². The zero-order valence-corrected chi connectivity index (χ0v) is 14.0. The van der Waals surface area contributed by atoms with Crippen molar-refractivity contribution in [2.75, 3.05) is 11.6 Å². The van der Waals surface area contributed by atoms with Gasteiger partial charge in [-0.15, -0.1) is 0 Å². The molecular weight excluding hydrogens is 322 g/mol. The van der Waals surface area contributed by atoms with Crippen LogP contribution in [0, 0.1) is 0 Å². The number of anilines is 1. The number of aryl methyl sites for hydroxylation is 1. The van der Waals surface area contributed by atoms with Gasteiger partial charge in [-0.25, -0.2) is 18.4 Å². The summed E-state index contributed by atoms with van der Waals surface area (Å²) in [6, 6.07) is 13.5. The van der Waals surface area contributed by atoms with Crippen molar-refractivity contribution in [2.24, 2.45) is 0 Å². The van der Waals surface area contributed by atoms with Crippen molar-refractivity contribution < 1.29 is 8.42 Å². The van der Waals surface area contributed by atoms with Crippen LogP contribution in [0.25, 0.3) is 10.9 Å². The lowest BCUT2D eigenvalue weighted by Gasteiger charge is -2.16. The summed E-state index contributed by atoms with van der Waals surface area (Å²) < 4.78 is 23.7. The minimum Gasteiger partial charge on any atom is -0.363 e. The highest BCUT2D eigenvalue weighted by atomic mass is 32.2. The number of sulfone groups is 1. The zero-order chi connectivity index (χ0) is 16.7. The maximum atomic E-state index is 11.8. The van der Waals surface area contributed by atoms with Crippen LogP contribution in [0.3, 0.4) is 0 Å². The number of benzene rings is 2. The first-order valence-electron chi connectivity index (χ1n) is 7.81. The van der Waals surface area contributed by atoms with Crippen molar-refractivity contribution in [1.82, 2.24) is 9.97 Å². The van der Waals surface area contributed by atoms with Crippen LogP contribution in [0.4, 0.5) is 5.82 Å². The number of hydrogen-bond donors (Lipinski definition) is 1. The Hall–Kier alpha value is -2.47. The summed E-state index contributed by atoms with van der Waals surface area (Å²) in [6.45, 7) is 0. The molecule has 1 aromatic heterocycles. The van der Waals surface area contributed by atoms with Crippen molar-refractivity contribution >= 4 is 26.6 Å². The summed E-state index contributed by atoms with van der Waals surface area (Å²) in [4.78, 5) is 8.86. The summed E-state index contributed by atoms with van der Waals surface area (Å²) in [5.41, 5.74) is 3.36. The molecule has 0 saturated heterocycles. The number of nitrogens with zero attached hydrogens (tertiary/aromatic N) is 2. The molecule has 122 valence electrons. The average molecular weight is 339 g/mol. The highest BCUT2D eigenvalue weighted by Gasteiger charge is 2.23. The van der Waals surface area contributed by atoms with Crippen molar-refractivity contribution in [3.05, 3.63) is 59.9 Å². The Morgan fingerprint density at radius 1 is 1.12 bits per heavy atom. The summed E-state index contributed by atoms with van der Waals surface area (Å²) >= 11 is 0. The van der Waals surface area contributed by atoms with Gasteiger partial charge in [-0.1, -0.05) is 24.3 Å². The molecule has 1 unspecified atom stereocenters. The molecule has 0 bridgehead atoms. The maximum absolute atomic E-state index is 11.8. The van der Waals surface area contributed by atoms with E-state index in [9.17, 15) is 8.42 Å². The molecule has 0 saturated carbocycles. The zero-order valence-electron chi connectivity index (χ0n) is 13.2. The minimum atomic E-state index is -3.27. The molecule has 2 aromatic carbocycles. The number of aromatic nitrogens is 2. The molecule has 0 amide bonds. The summed E-state index contributed by atoms with van der Waals surface area (Å²) in [6.07, 6.45) is 4.74. The first-order chi connectivity index (χ1) is 11.5. The topological polar surface area (TPSA) is 72.0 Å². The second kappa shape index (κ2) is 5.56. The van der Waals surface area contributed by atoms with Crippen LogP contribution in [-0.4, -0.2) is 24.6 Å². The Bertz CT molecular complexity index is 1030. The number of hydrogen-bond acceptors (Lipinski definition) is 5. The Labute approximate surface area is 140 Å². The number of fused-ring (bicyclic) bond motifs is 2. The smallest absolute Gasteiger partial charge is 0.175 e. The molecule has 1 atom stereocenters. The van der Waals surface area contributed by atoms with Gasteiger partial charge in [0.15, 0.2) is 9.84 Å². The lowest BCUT2D eigenvalue weighted by Crippen LogP contribution is -2.09. The van der Waals surface area contributed by atoms with E-state index >= 15 is 0 Å². The van der Waals surface area contributed by atoms with Gasteiger partial charge in [0.1, 0.15) is 12.1 Å². The molecule has 5 nitrogen and oxygen atoms in total. The van der Waals surface area contributed by atoms with Crippen LogP contribution in [0.5, 0.6) is 0 Å². The Morgan fingerprint density at radius 2 is 1.96 bits per heavy atom. The van der Waals surface area contributed by atoms with E-state index in [-0.39, 0.29) is 10.9 Å². The predicted molar refractivity (Wildman–Crippen MR) is 93.8 cm³/mol. The van der Waals surface area contributed by atoms with E-state index in [4.69, 9.17) is 0 Å². The normalized spacial score (nSPS) is 17.0. The quantitative estimate of drug-likeness (QED) is 0.794. The van der Waals surface area contributed by atoms with Gasteiger partial charge in [0.05, 0.1) is 16.5 Å². The third-order valence-electron chi connectivity index (χ3n) is 4.48. The molecule has 0 radical (unpaired) electrons. The summed E-state index contributed by atoms with van der Waals surface area (Å²) in [5.74, 6) is 0.673. The third-order valence-corrected chi connectivity index (χ3v) is 5.59. The molecule has 3 aromatic rings. The molecule has 1 N–H and O–H groups in total. The van der Waals surface area contributed by atoms with Gasteiger partial charge in [-0.05, 0) is 42.2 Å². The molecule has 1 aliphatic carbocycles. The van der Waals surface area contributed by atoms with Gasteiger partial charge >= 0.3 is 0 Å². The van der Waals surface area contributed by atoms with Crippen LogP contribution < -0.4 is 5.32 Å². The van der Waals surface area contributed by atoms with Gasteiger partial charge < -0.3 is 5.32 Å². The maximum Gasteiger partial charge on any atom is 0.175 e. The van der Waals surface area contributed by atoms with Crippen molar-refractivity contribution in [1.29, 1.82) is 0 Å². The van der Waals surface area contributed by atoms with Gasteiger partial charge in [0, 0.05) is 11.6 Å². The first kappa shape index (κ1) is 15.1. The second-order valence-electron chi connectivity index (χ2n) is 6.11. The van der Waals surface area contributed by atoms with E-state index in [1.165, 1.54) is 23.7 Å². The average Bonchev–Trinajstić information content (AvgIpc) is 2.97. The van der Waals surface area contributed by atoms with Gasteiger partial charge in [-0.3, -0.25) is 0 Å². The highest BCUT2D eigenvalue weighted by Crippen LogP contribution is 2.34. The largest absolute Gasteiger partial charge is 0.363 e. The molecule has 0 aliphatic heterocycles. The van der Waals surface area contributed by atoms with Gasteiger partial charge in [-0.2, -0.15) is 0 Å². The van der Waals surface area contributed by atoms with E-state index < -0.39 is 9.84 Å². The Morgan fingerprint density at radius 3 is 2.79 bits per heavy atom. The molecule has 4 rings (SSSR count). The van der Waals surface area contributed by atoms with Crippen LogP contribution >= 0.6 is 0 Å². The second-order valence-corrected chi connectivity index (χ2v) is 8.12. The van der Waals surface area contributed by atoms with Crippen LogP contribution in [0.15, 0.2) is 53.7 Å². The monoisotopic (exact) mass is 339 g/mol. The van der Waals surface area contributed by atoms with Crippen molar-refractivity contribution in [3.63, 3.8) is 0 Å². The molecule has 0 fully saturated rings. The van der Waals surface area contributed by atoms with E-state index in [2.05, 4.69) is 33.5 Å².